The van der Waals surface area contributed by atoms with E-state index in [2.05, 4.69) is 10.1 Å². The zero-order valence-electron chi connectivity index (χ0n) is 15.8. The molecule has 0 aromatic heterocycles. The standard InChI is InChI=1S/C18H24F3N3O4/c1-13(2)12-27-17(26)24-9-7-23(8-10-24)11-16(25)22-14-3-5-15(6-4-14)28-18(19,20)21/h3-6,13H,7-12H2,1-2H3,(H,22,25)/p+1. The van der Waals surface area contributed by atoms with E-state index in [4.69, 9.17) is 4.74 Å². The van der Waals surface area contributed by atoms with Crippen molar-refractivity contribution >= 4 is 17.7 Å². The van der Waals surface area contributed by atoms with Crippen molar-refractivity contribution in [2.24, 2.45) is 5.92 Å². The van der Waals surface area contributed by atoms with Crippen LogP contribution in [-0.4, -0.2) is 62.6 Å². The van der Waals surface area contributed by atoms with Crippen molar-refractivity contribution in [3.8, 4) is 5.75 Å². The molecule has 1 aromatic rings. The van der Waals surface area contributed by atoms with E-state index in [0.717, 1.165) is 17.0 Å². The Bertz CT molecular complexity index is 657. The molecule has 2 N–H and O–H groups in total. The summed E-state index contributed by atoms with van der Waals surface area (Å²) in [7, 11) is 0. The summed E-state index contributed by atoms with van der Waals surface area (Å²) in [6.45, 7) is 6.74. The Morgan fingerprint density at radius 2 is 1.79 bits per heavy atom. The zero-order chi connectivity index (χ0) is 20.7. The van der Waals surface area contributed by atoms with Crippen LogP contribution in [0, 0.1) is 5.92 Å². The molecule has 7 nitrogen and oxygen atoms in total. The van der Waals surface area contributed by atoms with Crippen LogP contribution in [0.25, 0.3) is 0 Å². The second-order valence-electron chi connectivity index (χ2n) is 7.00. The molecule has 0 saturated carbocycles. The van der Waals surface area contributed by atoms with Gasteiger partial charge in [0, 0.05) is 5.69 Å². The number of nitrogens with one attached hydrogen (secondary N) is 2. The average Bonchev–Trinajstić information content (AvgIpc) is 2.60. The minimum absolute atomic E-state index is 0.204. The smallest absolute Gasteiger partial charge is 0.449 e. The average molecular weight is 404 g/mol. The molecule has 1 heterocycles. The van der Waals surface area contributed by atoms with Crippen LogP contribution in [0.5, 0.6) is 5.75 Å². The van der Waals surface area contributed by atoms with Crippen molar-refractivity contribution in [1.82, 2.24) is 4.90 Å². The highest BCUT2D eigenvalue weighted by Crippen LogP contribution is 2.23. The van der Waals surface area contributed by atoms with Crippen molar-refractivity contribution in [3.63, 3.8) is 0 Å². The lowest BCUT2D eigenvalue weighted by Gasteiger charge is -2.31. The largest absolute Gasteiger partial charge is 0.573 e. The predicted octanol–water partition coefficient (Wildman–Crippen LogP) is 1.52. The lowest BCUT2D eigenvalue weighted by molar-refractivity contribution is -0.895. The highest BCUT2D eigenvalue weighted by Gasteiger charge is 2.31. The van der Waals surface area contributed by atoms with Crippen LogP contribution >= 0.6 is 0 Å². The second-order valence-corrected chi connectivity index (χ2v) is 7.00. The van der Waals surface area contributed by atoms with Gasteiger partial charge in [-0.05, 0) is 30.2 Å². The third-order valence-electron chi connectivity index (χ3n) is 4.05. The van der Waals surface area contributed by atoms with Gasteiger partial charge in [-0.2, -0.15) is 0 Å². The number of nitrogens with zero attached hydrogens (tertiary/aromatic N) is 1. The molecular weight excluding hydrogens is 379 g/mol. The first-order valence-electron chi connectivity index (χ1n) is 9.03. The fourth-order valence-electron chi connectivity index (χ4n) is 2.68. The molecular formula is C18H25F3N3O4+. The normalized spacial score (nSPS) is 15.4. The monoisotopic (exact) mass is 404 g/mol. The summed E-state index contributed by atoms with van der Waals surface area (Å²) in [5, 5.41) is 2.64. The number of ether oxygens (including phenoxy) is 2. The lowest BCUT2D eigenvalue weighted by Crippen LogP contribution is -3.15. The van der Waals surface area contributed by atoms with Crippen LogP contribution < -0.4 is 15.0 Å². The molecule has 0 bridgehead atoms. The Balaban J connectivity index is 1.73. The molecule has 2 amide bonds. The summed E-state index contributed by atoms with van der Waals surface area (Å²) in [4.78, 5) is 26.7. The van der Waals surface area contributed by atoms with E-state index in [0.29, 0.717) is 38.5 Å². The number of hydrogen-bond acceptors (Lipinski definition) is 4. The van der Waals surface area contributed by atoms with E-state index in [1.165, 1.54) is 12.1 Å². The maximum absolute atomic E-state index is 12.1. The Hall–Kier alpha value is -2.49. The molecule has 1 fully saturated rings. The third-order valence-corrected chi connectivity index (χ3v) is 4.05. The lowest BCUT2D eigenvalue weighted by atomic mass is 10.2. The van der Waals surface area contributed by atoms with Gasteiger partial charge in [0.2, 0.25) is 0 Å². The number of carbonyl (C=O) groups is 2. The third kappa shape index (κ3) is 7.63. The van der Waals surface area contributed by atoms with Gasteiger partial charge in [-0.3, -0.25) is 9.69 Å². The number of anilines is 1. The van der Waals surface area contributed by atoms with Crippen LogP contribution in [0.2, 0.25) is 0 Å². The Labute approximate surface area is 161 Å². The maximum Gasteiger partial charge on any atom is 0.573 e. The van der Waals surface area contributed by atoms with Gasteiger partial charge in [-0.1, -0.05) is 13.8 Å². The van der Waals surface area contributed by atoms with Gasteiger partial charge in [0.15, 0.2) is 6.54 Å². The number of halogens is 3. The molecule has 0 radical (unpaired) electrons. The van der Waals surface area contributed by atoms with Gasteiger partial charge < -0.3 is 19.7 Å². The molecule has 0 spiro atoms. The van der Waals surface area contributed by atoms with E-state index in [-0.39, 0.29) is 30.2 Å². The minimum atomic E-state index is -4.75. The number of hydrogen-bond donors (Lipinski definition) is 2. The first kappa shape index (κ1) is 21.8. The first-order valence-corrected chi connectivity index (χ1v) is 9.03. The second kappa shape index (κ2) is 9.63. The number of amides is 2. The van der Waals surface area contributed by atoms with Crippen LogP contribution in [0.1, 0.15) is 13.8 Å². The van der Waals surface area contributed by atoms with E-state index < -0.39 is 6.36 Å². The molecule has 1 aliphatic heterocycles. The number of quaternary nitrogens is 1. The Morgan fingerprint density at radius 1 is 1.18 bits per heavy atom. The first-order chi connectivity index (χ1) is 13.1. The maximum atomic E-state index is 12.1. The topological polar surface area (TPSA) is 72.3 Å². The van der Waals surface area contributed by atoms with Gasteiger partial charge in [-0.15, -0.1) is 13.2 Å². The zero-order valence-corrected chi connectivity index (χ0v) is 15.8. The number of carbonyl (C=O) groups excluding carboxylic acids is 2. The van der Waals surface area contributed by atoms with Crippen molar-refractivity contribution in [1.29, 1.82) is 0 Å². The van der Waals surface area contributed by atoms with Crippen LogP contribution in [-0.2, 0) is 9.53 Å². The summed E-state index contributed by atoms with van der Waals surface area (Å²) in [5.41, 5.74) is 0.384. The molecule has 10 heteroatoms. The Morgan fingerprint density at radius 3 is 2.32 bits per heavy atom. The number of benzene rings is 1. The summed E-state index contributed by atoms with van der Waals surface area (Å²) in [6.07, 6.45) is -5.09. The van der Waals surface area contributed by atoms with Crippen LogP contribution in [0.3, 0.4) is 0 Å². The molecule has 1 saturated heterocycles. The fraction of sp³-hybridized carbons (Fsp3) is 0.556. The highest BCUT2D eigenvalue weighted by molar-refractivity contribution is 5.91. The van der Waals surface area contributed by atoms with Crippen molar-refractivity contribution in [2.75, 3.05) is 44.6 Å². The van der Waals surface area contributed by atoms with Crippen molar-refractivity contribution in [2.45, 2.75) is 20.2 Å². The summed E-state index contributed by atoms with van der Waals surface area (Å²) in [5.74, 6) is -0.333. The quantitative estimate of drug-likeness (QED) is 0.754. The number of alkyl halides is 3. The van der Waals surface area contributed by atoms with Gasteiger partial charge >= 0.3 is 12.5 Å². The van der Waals surface area contributed by atoms with Crippen molar-refractivity contribution in [3.05, 3.63) is 24.3 Å². The van der Waals surface area contributed by atoms with E-state index in [1.807, 2.05) is 13.8 Å². The minimum Gasteiger partial charge on any atom is -0.449 e. The van der Waals surface area contributed by atoms with E-state index in [9.17, 15) is 22.8 Å². The molecule has 1 aromatic carbocycles. The molecule has 1 aliphatic rings. The van der Waals surface area contributed by atoms with Crippen LogP contribution in [0.15, 0.2) is 24.3 Å². The van der Waals surface area contributed by atoms with E-state index in [1.54, 1.807) is 4.90 Å². The van der Waals surface area contributed by atoms with Gasteiger partial charge in [0.1, 0.15) is 5.75 Å². The molecule has 0 atom stereocenters. The fourth-order valence-corrected chi connectivity index (χ4v) is 2.68. The summed E-state index contributed by atoms with van der Waals surface area (Å²) in [6, 6.07) is 4.96. The number of piperazine rings is 1. The molecule has 156 valence electrons. The molecule has 28 heavy (non-hydrogen) atoms. The van der Waals surface area contributed by atoms with Crippen molar-refractivity contribution < 1.29 is 37.1 Å². The van der Waals surface area contributed by atoms with Gasteiger partial charge in [0.25, 0.3) is 5.91 Å². The predicted molar refractivity (Wildman–Crippen MR) is 95.1 cm³/mol. The van der Waals surface area contributed by atoms with Gasteiger partial charge in [0.05, 0.1) is 32.8 Å². The molecule has 0 aliphatic carbocycles. The Kier molecular flexibility index (Phi) is 7.50. The number of rotatable bonds is 6. The highest BCUT2D eigenvalue weighted by atomic mass is 19.4. The summed E-state index contributed by atoms with van der Waals surface area (Å²) >= 11 is 0. The van der Waals surface area contributed by atoms with Crippen LogP contribution in [0.4, 0.5) is 23.7 Å². The molecule has 2 rings (SSSR count). The SMILES string of the molecule is CC(C)COC(=O)N1CC[NH+](CC(=O)Nc2ccc(OC(F)(F)F)cc2)CC1. The van der Waals surface area contributed by atoms with Gasteiger partial charge in [-0.25, -0.2) is 4.79 Å². The summed E-state index contributed by atoms with van der Waals surface area (Å²) < 4.78 is 45.4. The molecule has 0 unspecified atom stereocenters. The van der Waals surface area contributed by atoms with E-state index >= 15 is 0 Å².